The lowest BCUT2D eigenvalue weighted by Gasteiger charge is -2.23. The molecule has 1 aliphatic heterocycles. The number of hydrogen-bond donors (Lipinski definition) is 0. The Labute approximate surface area is 225 Å². The summed E-state index contributed by atoms with van der Waals surface area (Å²) in [6.07, 6.45) is 6.78. The molecule has 0 atom stereocenters. The van der Waals surface area contributed by atoms with E-state index >= 15 is 0 Å². The molecule has 38 heavy (non-hydrogen) atoms. The number of anilines is 1. The first-order valence-electron chi connectivity index (χ1n) is 12.4. The van der Waals surface area contributed by atoms with E-state index in [1.54, 1.807) is 0 Å². The molecule has 1 aliphatic rings. The van der Waals surface area contributed by atoms with Gasteiger partial charge in [0.1, 0.15) is 6.54 Å². The zero-order chi connectivity index (χ0) is 27.5. The molecule has 0 radical (unpaired) electrons. The highest BCUT2D eigenvalue weighted by Gasteiger charge is 2.37. The fourth-order valence-corrected chi connectivity index (χ4v) is 5.28. The minimum absolute atomic E-state index is 0.0207. The molecular formula is C30H32ClN3O4. The third-order valence-electron chi connectivity index (χ3n) is 6.96. The number of likely N-dealkylation sites (N-methyl/N-ethyl adjacent to an activating group) is 1. The maximum Gasteiger partial charge on any atom is 0.282 e. The lowest BCUT2D eigenvalue weighted by molar-refractivity contribution is -2.00. The number of aromatic nitrogens is 2. The van der Waals surface area contributed by atoms with Gasteiger partial charge in [0.2, 0.25) is 0 Å². The Morgan fingerprint density at radius 1 is 0.868 bits per heavy atom. The molecule has 0 saturated carbocycles. The van der Waals surface area contributed by atoms with E-state index in [0.29, 0.717) is 0 Å². The lowest BCUT2D eigenvalue weighted by Crippen LogP contribution is -2.68. The van der Waals surface area contributed by atoms with Gasteiger partial charge in [0.15, 0.2) is 11.0 Å². The number of fused-ring (bicyclic) bond motifs is 2. The van der Waals surface area contributed by atoms with Crippen LogP contribution in [-0.2, 0) is 18.5 Å². The number of nitrogens with zero attached hydrogens (tertiary/aromatic N) is 3. The van der Waals surface area contributed by atoms with E-state index < -0.39 is 10.2 Å². The summed E-state index contributed by atoms with van der Waals surface area (Å²) in [5.74, 6) is 1.22. The van der Waals surface area contributed by atoms with E-state index in [4.69, 9.17) is 18.6 Å². The summed E-state index contributed by atoms with van der Waals surface area (Å²) < 4.78 is 38.8. The Hall–Kier alpha value is -3.46. The number of rotatable bonds is 5. The Morgan fingerprint density at radius 3 is 2.13 bits per heavy atom. The SMILES string of the molecule is CCn1c(/C=C/C=C2\N(C)c3ccccc3C2(C)C)[n+](Cc2ccccc2)c2ccccc21.[O-][Cl+3]([O-])([O-])[O-]. The highest BCUT2D eigenvalue weighted by molar-refractivity contribution is 5.74. The summed E-state index contributed by atoms with van der Waals surface area (Å²) in [5.41, 5.74) is 7.82. The van der Waals surface area contributed by atoms with Crippen LogP contribution in [0.5, 0.6) is 0 Å². The van der Waals surface area contributed by atoms with Gasteiger partial charge in [-0.05, 0) is 42.3 Å². The number of imidazole rings is 1. The topological polar surface area (TPSA) is 104 Å². The molecule has 0 spiro atoms. The van der Waals surface area contributed by atoms with Crippen molar-refractivity contribution in [1.82, 2.24) is 4.57 Å². The smallest absolute Gasteiger partial charge is 0.282 e. The summed E-state index contributed by atoms with van der Waals surface area (Å²) in [5, 5.41) is 0. The quantitative estimate of drug-likeness (QED) is 0.362. The van der Waals surface area contributed by atoms with Gasteiger partial charge in [0, 0.05) is 29.9 Å². The van der Waals surface area contributed by atoms with Gasteiger partial charge in [0.05, 0.1) is 6.54 Å². The monoisotopic (exact) mass is 533 g/mol. The maximum atomic E-state index is 8.49. The van der Waals surface area contributed by atoms with Gasteiger partial charge in [-0.25, -0.2) is 27.8 Å². The summed E-state index contributed by atoms with van der Waals surface area (Å²) in [7, 11) is -2.77. The fourth-order valence-electron chi connectivity index (χ4n) is 5.28. The molecule has 0 fully saturated rings. The van der Waals surface area contributed by atoms with Crippen molar-refractivity contribution in [1.29, 1.82) is 0 Å². The van der Waals surface area contributed by atoms with E-state index in [0.717, 1.165) is 13.1 Å². The van der Waals surface area contributed by atoms with Crippen molar-refractivity contribution in [3.8, 4) is 0 Å². The second-order valence-corrected chi connectivity index (χ2v) is 10.4. The standard InChI is InChI=1S/C30H32N3.ClHO4/c1-5-32-26-18-11-12-19-27(26)33(22-23-14-7-6-8-15-23)29(32)21-13-20-28-30(2,3)24-16-9-10-17-25(24)31(28)4;2-1(3,4)5/h6-21H,5,22H2,1-4H3;(H,2,3,4,5)/q+1;/p-1. The summed E-state index contributed by atoms with van der Waals surface area (Å²) in [4.78, 5) is 2.33. The lowest BCUT2D eigenvalue weighted by atomic mass is 9.84. The molecule has 5 rings (SSSR count). The molecule has 1 aromatic heterocycles. The van der Waals surface area contributed by atoms with Crippen LogP contribution in [0, 0.1) is 10.2 Å². The largest absolute Gasteiger partial charge is 0.347 e. The second kappa shape index (κ2) is 11.1. The Morgan fingerprint density at radius 2 is 1.47 bits per heavy atom. The van der Waals surface area contributed by atoms with E-state index in [1.807, 2.05) is 0 Å². The van der Waals surface area contributed by atoms with Crippen LogP contribution in [0.15, 0.2) is 96.7 Å². The Balaban J connectivity index is 0.000000617. The number of hydrogen-bond acceptors (Lipinski definition) is 5. The number of halogens is 1. The fraction of sp³-hybridized carbons (Fsp3) is 0.233. The van der Waals surface area contributed by atoms with E-state index in [9.17, 15) is 0 Å². The third-order valence-corrected chi connectivity index (χ3v) is 6.96. The van der Waals surface area contributed by atoms with E-state index in [1.165, 1.54) is 39.4 Å². The summed E-state index contributed by atoms with van der Waals surface area (Å²) in [6.45, 7) is 8.62. The van der Waals surface area contributed by atoms with Crippen molar-refractivity contribution >= 4 is 22.8 Å². The number of benzene rings is 3. The van der Waals surface area contributed by atoms with Crippen LogP contribution in [0.3, 0.4) is 0 Å². The molecule has 198 valence electrons. The first-order valence-corrected chi connectivity index (χ1v) is 13.6. The maximum absolute atomic E-state index is 8.49. The highest BCUT2D eigenvalue weighted by atomic mass is 35.7. The van der Waals surface area contributed by atoms with Gasteiger partial charge < -0.3 is 4.90 Å². The van der Waals surface area contributed by atoms with Crippen LogP contribution in [0.4, 0.5) is 5.69 Å². The van der Waals surface area contributed by atoms with Crippen LogP contribution in [0.2, 0.25) is 0 Å². The molecule has 4 aromatic rings. The molecule has 2 heterocycles. The molecular weight excluding hydrogens is 502 g/mol. The van der Waals surface area contributed by atoms with Gasteiger partial charge in [-0.2, -0.15) is 0 Å². The molecule has 0 N–H and O–H groups in total. The summed E-state index contributed by atoms with van der Waals surface area (Å²) >= 11 is 0. The average Bonchev–Trinajstić information content (AvgIpc) is 3.27. The van der Waals surface area contributed by atoms with Crippen LogP contribution in [0.25, 0.3) is 17.1 Å². The van der Waals surface area contributed by atoms with Crippen molar-refractivity contribution in [2.24, 2.45) is 0 Å². The number of allylic oxidation sites excluding steroid dienone is 3. The van der Waals surface area contributed by atoms with Crippen molar-refractivity contribution < 1.29 is 33.4 Å². The van der Waals surface area contributed by atoms with Gasteiger partial charge >= 0.3 is 0 Å². The first kappa shape index (κ1) is 27.6. The number of aryl methyl sites for hydroxylation is 1. The molecule has 0 unspecified atom stereocenters. The van der Waals surface area contributed by atoms with E-state index in [-0.39, 0.29) is 5.41 Å². The minimum atomic E-state index is -4.94. The van der Waals surface area contributed by atoms with Crippen molar-refractivity contribution in [2.75, 3.05) is 11.9 Å². The highest BCUT2D eigenvalue weighted by Crippen LogP contribution is 2.46. The predicted octanol–water partition coefficient (Wildman–Crippen LogP) is 1.57. The van der Waals surface area contributed by atoms with Crippen LogP contribution in [-0.4, -0.2) is 11.6 Å². The third kappa shape index (κ3) is 5.83. The molecule has 3 aromatic carbocycles. The van der Waals surface area contributed by atoms with Gasteiger partial charge in [-0.15, -0.1) is 10.2 Å². The van der Waals surface area contributed by atoms with Crippen LogP contribution >= 0.6 is 0 Å². The molecule has 0 bridgehead atoms. The zero-order valence-electron chi connectivity index (χ0n) is 22.0. The molecule has 0 amide bonds. The molecule has 8 heteroatoms. The average molecular weight is 534 g/mol. The van der Waals surface area contributed by atoms with Gasteiger partial charge in [0.25, 0.3) is 5.82 Å². The van der Waals surface area contributed by atoms with Crippen molar-refractivity contribution in [2.45, 2.75) is 39.3 Å². The van der Waals surface area contributed by atoms with Crippen LogP contribution in [0.1, 0.15) is 37.7 Å². The second-order valence-electron chi connectivity index (χ2n) is 9.65. The van der Waals surface area contributed by atoms with Gasteiger partial charge in [-0.3, -0.25) is 0 Å². The molecule has 0 aliphatic carbocycles. The van der Waals surface area contributed by atoms with Crippen molar-refractivity contribution in [3.63, 3.8) is 0 Å². The summed E-state index contributed by atoms with van der Waals surface area (Å²) in [6, 6.07) is 28.1. The van der Waals surface area contributed by atoms with Gasteiger partial charge in [-0.1, -0.05) is 80.6 Å². The number of para-hydroxylation sites is 3. The zero-order valence-corrected chi connectivity index (χ0v) is 22.8. The molecule has 0 saturated heterocycles. The Kier molecular flexibility index (Phi) is 8.06. The Bertz CT molecular complexity index is 1460. The normalized spacial score (nSPS) is 15.7. The molecule has 7 nitrogen and oxygen atoms in total. The minimum Gasteiger partial charge on any atom is -0.347 e. The predicted molar refractivity (Wildman–Crippen MR) is 138 cm³/mol. The van der Waals surface area contributed by atoms with Crippen LogP contribution < -0.4 is 28.1 Å². The van der Waals surface area contributed by atoms with Crippen molar-refractivity contribution in [3.05, 3.63) is 114 Å². The first-order chi connectivity index (χ1) is 18.0. The van der Waals surface area contributed by atoms with E-state index in [2.05, 4.69) is 139 Å².